The smallest absolute Gasteiger partial charge is 0.407 e. The van der Waals surface area contributed by atoms with E-state index in [1.54, 1.807) is 39.0 Å². The molecule has 1 aromatic carbocycles. The highest BCUT2D eigenvalue weighted by molar-refractivity contribution is 6.05. The molecule has 0 spiro atoms. The zero-order valence-electron chi connectivity index (χ0n) is 18.9. The quantitative estimate of drug-likeness (QED) is 0.427. The molecular weight excluding hydrogens is 432 g/mol. The van der Waals surface area contributed by atoms with Gasteiger partial charge in [-0.15, -0.1) is 0 Å². The van der Waals surface area contributed by atoms with Gasteiger partial charge in [-0.2, -0.15) is 0 Å². The summed E-state index contributed by atoms with van der Waals surface area (Å²) in [5.41, 5.74) is 1.40. The van der Waals surface area contributed by atoms with Gasteiger partial charge in [0, 0.05) is 25.1 Å². The van der Waals surface area contributed by atoms with E-state index in [9.17, 15) is 24.0 Å². The number of nitrogens with one attached hydrogen (secondary N) is 3. The summed E-state index contributed by atoms with van der Waals surface area (Å²) >= 11 is 0. The predicted molar refractivity (Wildman–Crippen MR) is 115 cm³/mol. The number of carbonyl (C=O) groups excluding carboxylic acids is 5. The number of benzene rings is 1. The predicted octanol–water partition coefficient (Wildman–Crippen LogP) is 1.20. The van der Waals surface area contributed by atoms with E-state index in [-0.39, 0.29) is 44.5 Å². The minimum Gasteiger partial charge on any atom is -0.448 e. The van der Waals surface area contributed by atoms with E-state index in [4.69, 9.17) is 9.47 Å². The van der Waals surface area contributed by atoms with Gasteiger partial charge in [0.25, 0.3) is 5.91 Å². The van der Waals surface area contributed by atoms with Crippen molar-refractivity contribution in [2.45, 2.75) is 58.3 Å². The van der Waals surface area contributed by atoms with Crippen LogP contribution in [0.2, 0.25) is 0 Å². The minimum atomic E-state index is -0.673. The molecule has 3 N–H and O–H groups in total. The van der Waals surface area contributed by atoms with Crippen LogP contribution in [0.4, 0.5) is 9.59 Å². The zero-order chi connectivity index (χ0) is 24.2. The van der Waals surface area contributed by atoms with E-state index >= 15 is 0 Å². The number of ether oxygens (including phenoxy) is 2. The Morgan fingerprint density at radius 1 is 1.15 bits per heavy atom. The molecule has 0 aromatic heterocycles. The van der Waals surface area contributed by atoms with E-state index in [1.165, 1.54) is 4.90 Å². The summed E-state index contributed by atoms with van der Waals surface area (Å²) in [6.07, 6.45) is -0.748. The molecule has 2 aliphatic rings. The Kier molecular flexibility index (Phi) is 7.19. The van der Waals surface area contributed by atoms with Crippen LogP contribution in [0, 0.1) is 0 Å². The van der Waals surface area contributed by atoms with Crippen molar-refractivity contribution < 1.29 is 33.4 Å². The van der Waals surface area contributed by atoms with E-state index in [2.05, 4.69) is 16.0 Å². The van der Waals surface area contributed by atoms with Gasteiger partial charge in [0.15, 0.2) is 0 Å². The molecule has 1 aromatic rings. The van der Waals surface area contributed by atoms with Crippen LogP contribution >= 0.6 is 0 Å². The SMILES string of the molecule is CC(C)(C)OC(=O)NCCOC(=O)NCc1ccc2c(c1)CN(C1CCC(=O)NC1=O)C2=O. The number of nitrogens with zero attached hydrogens (tertiary/aromatic N) is 1. The van der Waals surface area contributed by atoms with E-state index < -0.39 is 29.7 Å². The monoisotopic (exact) mass is 460 g/mol. The Labute approximate surface area is 191 Å². The standard InChI is InChI=1S/C22H28N4O7/c1-22(2,3)33-21(31)23-8-9-32-20(30)24-11-13-4-5-15-14(10-13)12-26(19(15)29)16-6-7-17(27)25-18(16)28/h4-5,10,16H,6-9,11-12H2,1-3H3,(H,23,31)(H,24,30)(H,25,27,28). The number of carbonyl (C=O) groups is 5. The molecule has 3 rings (SSSR count). The third-order valence-electron chi connectivity index (χ3n) is 5.03. The van der Waals surface area contributed by atoms with Crippen molar-refractivity contribution >= 4 is 29.9 Å². The highest BCUT2D eigenvalue weighted by Gasteiger charge is 2.39. The van der Waals surface area contributed by atoms with E-state index in [1.807, 2.05) is 0 Å². The number of amides is 5. The first kappa shape index (κ1) is 24.0. The molecule has 0 radical (unpaired) electrons. The van der Waals surface area contributed by atoms with Gasteiger partial charge in [0.1, 0.15) is 18.2 Å². The van der Waals surface area contributed by atoms with Crippen LogP contribution in [0.3, 0.4) is 0 Å². The summed E-state index contributed by atoms with van der Waals surface area (Å²) in [6, 6.07) is 4.50. The molecule has 0 aliphatic carbocycles. The Hall–Kier alpha value is -3.63. The molecule has 1 unspecified atom stereocenters. The largest absolute Gasteiger partial charge is 0.448 e. The van der Waals surface area contributed by atoms with Crippen LogP contribution in [0.5, 0.6) is 0 Å². The second-order valence-electron chi connectivity index (χ2n) is 8.81. The summed E-state index contributed by atoms with van der Waals surface area (Å²) in [7, 11) is 0. The van der Waals surface area contributed by atoms with Gasteiger partial charge < -0.3 is 25.0 Å². The topological polar surface area (TPSA) is 143 Å². The van der Waals surface area contributed by atoms with Gasteiger partial charge in [0.2, 0.25) is 11.8 Å². The van der Waals surface area contributed by atoms with Gasteiger partial charge in [-0.3, -0.25) is 19.7 Å². The molecule has 1 atom stereocenters. The second kappa shape index (κ2) is 9.88. The molecule has 2 aliphatic heterocycles. The van der Waals surface area contributed by atoms with Crippen molar-refractivity contribution in [3.8, 4) is 0 Å². The highest BCUT2D eigenvalue weighted by atomic mass is 16.6. The number of hydrogen-bond acceptors (Lipinski definition) is 7. The summed E-state index contributed by atoms with van der Waals surface area (Å²) in [6.45, 7) is 5.77. The Balaban J connectivity index is 1.44. The van der Waals surface area contributed by atoms with Crippen molar-refractivity contribution in [1.29, 1.82) is 0 Å². The highest BCUT2D eigenvalue weighted by Crippen LogP contribution is 2.28. The lowest BCUT2D eigenvalue weighted by Gasteiger charge is -2.29. The Morgan fingerprint density at radius 3 is 2.61 bits per heavy atom. The van der Waals surface area contributed by atoms with Crippen LogP contribution in [-0.2, 0) is 32.2 Å². The summed E-state index contributed by atoms with van der Waals surface area (Å²) in [5.74, 6) is -1.05. The van der Waals surface area contributed by atoms with Gasteiger partial charge in [0.05, 0.1) is 6.54 Å². The Bertz CT molecular complexity index is 970. The van der Waals surface area contributed by atoms with Crippen molar-refractivity contribution in [2.24, 2.45) is 0 Å². The third kappa shape index (κ3) is 6.43. The van der Waals surface area contributed by atoms with E-state index in [0.29, 0.717) is 12.0 Å². The fraction of sp³-hybridized carbons (Fsp3) is 0.500. The maximum atomic E-state index is 12.7. The average molecular weight is 460 g/mol. The van der Waals surface area contributed by atoms with Crippen molar-refractivity contribution in [1.82, 2.24) is 20.9 Å². The Morgan fingerprint density at radius 2 is 1.91 bits per heavy atom. The van der Waals surface area contributed by atoms with Gasteiger partial charge >= 0.3 is 12.2 Å². The van der Waals surface area contributed by atoms with E-state index in [0.717, 1.165) is 11.1 Å². The zero-order valence-corrected chi connectivity index (χ0v) is 18.9. The molecule has 0 bridgehead atoms. The average Bonchev–Trinajstić information content (AvgIpc) is 3.04. The maximum absolute atomic E-state index is 12.7. The fourth-order valence-electron chi connectivity index (χ4n) is 3.57. The number of hydrogen-bond donors (Lipinski definition) is 3. The number of piperidine rings is 1. The van der Waals surface area contributed by atoms with Gasteiger partial charge in [-0.25, -0.2) is 9.59 Å². The molecule has 178 valence electrons. The summed E-state index contributed by atoms with van der Waals surface area (Å²) in [5, 5.41) is 7.37. The summed E-state index contributed by atoms with van der Waals surface area (Å²) in [4.78, 5) is 61.1. The first-order valence-electron chi connectivity index (χ1n) is 10.7. The molecule has 1 fully saturated rings. The number of fused-ring (bicyclic) bond motifs is 1. The van der Waals surface area contributed by atoms with Crippen LogP contribution in [0.15, 0.2) is 18.2 Å². The summed E-state index contributed by atoms with van der Waals surface area (Å²) < 4.78 is 10.1. The fourth-order valence-corrected chi connectivity index (χ4v) is 3.57. The molecule has 11 nitrogen and oxygen atoms in total. The molecule has 2 heterocycles. The van der Waals surface area contributed by atoms with Crippen molar-refractivity contribution in [3.05, 3.63) is 34.9 Å². The minimum absolute atomic E-state index is 0.0231. The molecule has 33 heavy (non-hydrogen) atoms. The van der Waals surface area contributed by atoms with Crippen molar-refractivity contribution in [2.75, 3.05) is 13.2 Å². The van der Waals surface area contributed by atoms with Gasteiger partial charge in [-0.05, 0) is 44.4 Å². The van der Waals surface area contributed by atoms with Gasteiger partial charge in [-0.1, -0.05) is 12.1 Å². The lowest BCUT2D eigenvalue weighted by Crippen LogP contribution is -2.52. The lowest BCUT2D eigenvalue weighted by atomic mass is 10.0. The van der Waals surface area contributed by atoms with Crippen molar-refractivity contribution in [3.63, 3.8) is 0 Å². The van der Waals surface area contributed by atoms with Crippen LogP contribution < -0.4 is 16.0 Å². The van der Waals surface area contributed by atoms with Crippen LogP contribution in [0.1, 0.15) is 55.1 Å². The molecule has 1 saturated heterocycles. The maximum Gasteiger partial charge on any atom is 0.407 e. The van der Waals surface area contributed by atoms with Crippen LogP contribution in [-0.4, -0.2) is 59.6 Å². The second-order valence-corrected chi connectivity index (χ2v) is 8.81. The third-order valence-corrected chi connectivity index (χ3v) is 5.03. The van der Waals surface area contributed by atoms with Crippen LogP contribution in [0.25, 0.3) is 0 Å². The number of imide groups is 1. The normalized spacial score (nSPS) is 17.8. The lowest BCUT2D eigenvalue weighted by molar-refractivity contribution is -0.136. The number of rotatable bonds is 6. The molecule has 11 heteroatoms. The number of alkyl carbamates (subject to hydrolysis) is 2. The molecule has 5 amide bonds. The first-order chi connectivity index (χ1) is 15.5. The molecule has 0 saturated carbocycles. The first-order valence-corrected chi connectivity index (χ1v) is 10.7. The molecular formula is C22H28N4O7.